The Labute approximate surface area is 107 Å². The molecule has 0 saturated heterocycles. The number of hydrogen-bond donors (Lipinski definition) is 1. The zero-order valence-corrected chi connectivity index (χ0v) is 10.3. The van der Waals surface area contributed by atoms with Crippen LogP contribution < -0.4 is 9.47 Å². The van der Waals surface area contributed by atoms with Gasteiger partial charge in [-0.25, -0.2) is 0 Å². The Morgan fingerprint density at radius 2 is 1.78 bits per heavy atom. The van der Waals surface area contributed by atoms with Gasteiger partial charge in [-0.3, -0.25) is 0 Å². The average molecular weight is 244 g/mol. The van der Waals surface area contributed by atoms with Gasteiger partial charge in [-0.05, 0) is 30.3 Å². The molecule has 0 aliphatic heterocycles. The summed E-state index contributed by atoms with van der Waals surface area (Å²) in [6.07, 6.45) is 0.637. The Morgan fingerprint density at radius 3 is 2.50 bits per heavy atom. The Hall–Kier alpha value is -2.16. The third-order valence-electron chi connectivity index (χ3n) is 2.67. The molecule has 0 fully saturated rings. The van der Waals surface area contributed by atoms with Crippen LogP contribution in [0.5, 0.6) is 17.2 Å². The highest BCUT2D eigenvalue weighted by Gasteiger charge is 2.03. The molecular weight excluding hydrogens is 228 g/mol. The minimum absolute atomic E-state index is 0.271. The largest absolute Gasteiger partial charge is 0.508 e. The SMILES string of the molecule is COc1ccc(O)c(CCOc2ccccc2)c1. The van der Waals surface area contributed by atoms with Crippen molar-refractivity contribution in [3.8, 4) is 17.2 Å². The minimum atomic E-state index is 0.271. The van der Waals surface area contributed by atoms with Crippen LogP contribution in [0.25, 0.3) is 0 Å². The highest BCUT2D eigenvalue weighted by molar-refractivity contribution is 5.39. The second kappa shape index (κ2) is 5.96. The van der Waals surface area contributed by atoms with Crippen LogP contribution in [0.3, 0.4) is 0 Å². The predicted molar refractivity (Wildman–Crippen MR) is 70.3 cm³/mol. The van der Waals surface area contributed by atoms with Crippen molar-refractivity contribution in [1.29, 1.82) is 0 Å². The van der Waals surface area contributed by atoms with E-state index >= 15 is 0 Å². The van der Waals surface area contributed by atoms with E-state index in [-0.39, 0.29) is 5.75 Å². The van der Waals surface area contributed by atoms with E-state index in [0.717, 1.165) is 17.1 Å². The Bertz CT molecular complexity index is 494. The third kappa shape index (κ3) is 3.17. The molecule has 2 aromatic carbocycles. The maximum atomic E-state index is 9.72. The first-order valence-electron chi connectivity index (χ1n) is 5.83. The molecule has 0 saturated carbocycles. The summed E-state index contributed by atoms with van der Waals surface area (Å²) in [6.45, 7) is 0.519. The van der Waals surface area contributed by atoms with Crippen LogP contribution in [0.4, 0.5) is 0 Å². The van der Waals surface area contributed by atoms with E-state index in [9.17, 15) is 5.11 Å². The maximum absolute atomic E-state index is 9.72. The number of benzene rings is 2. The van der Waals surface area contributed by atoms with Gasteiger partial charge in [-0.1, -0.05) is 18.2 Å². The topological polar surface area (TPSA) is 38.7 Å². The van der Waals surface area contributed by atoms with Gasteiger partial charge in [0.1, 0.15) is 17.2 Å². The molecule has 0 aliphatic rings. The van der Waals surface area contributed by atoms with Crippen LogP contribution >= 0.6 is 0 Å². The number of methoxy groups -OCH3 is 1. The molecule has 0 aliphatic carbocycles. The molecule has 94 valence electrons. The quantitative estimate of drug-likeness (QED) is 0.878. The van der Waals surface area contributed by atoms with Crippen LogP contribution in [0, 0.1) is 0 Å². The Balaban J connectivity index is 1.94. The van der Waals surface area contributed by atoms with Crippen molar-refractivity contribution in [2.24, 2.45) is 0 Å². The van der Waals surface area contributed by atoms with Crippen LogP contribution in [-0.4, -0.2) is 18.8 Å². The van der Waals surface area contributed by atoms with E-state index in [1.54, 1.807) is 19.2 Å². The zero-order valence-electron chi connectivity index (χ0n) is 10.3. The summed E-state index contributed by atoms with van der Waals surface area (Å²) in [6, 6.07) is 14.8. The molecule has 0 bridgehead atoms. The van der Waals surface area contributed by atoms with Gasteiger partial charge in [-0.2, -0.15) is 0 Å². The summed E-state index contributed by atoms with van der Waals surface area (Å²) in [4.78, 5) is 0. The van der Waals surface area contributed by atoms with Gasteiger partial charge < -0.3 is 14.6 Å². The molecule has 0 atom stereocenters. The van der Waals surface area contributed by atoms with Gasteiger partial charge in [0.25, 0.3) is 0 Å². The van der Waals surface area contributed by atoms with E-state index in [0.29, 0.717) is 13.0 Å². The molecule has 0 amide bonds. The molecular formula is C15H16O3. The molecule has 18 heavy (non-hydrogen) atoms. The van der Waals surface area contributed by atoms with Crippen molar-refractivity contribution in [3.63, 3.8) is 0 Å². The average Bonchev–Trinajstić information content (AvgIpc) is 2.42. The maximum Gasteiger partial charge on any atom is 0.119 e. The molecule has 1 N–H and O–H groups in total. The van der Waals surface area contributed by atoms with Crippen LogP contribution in [0.15, 0.2) is 48.5 Å². The van der Waals surface area contributed by atoms with Gasteiger partial charge in [-0.15, -0.1) is 0 Å². The van der Waals surface area contributed by atoms with Gasteiger partial charge in [0.2, 0.25) is 0 Å². The molecule has 0 aromatic heterocycles. The molecule has 2 aromatic rings. The van der Waals surface area contributed by atoms with E-state index in [1.807, 2.05) is 36.4 Å². The van der Waals surface area contributed by atoms with Gasteiger partial charge >= 0.3 is 0 Å². The fourth-order valence-corrected chi connectivity index (χ4v) is 1.68. The first-order chi connectivity index (χ1) is 8.79. The first kappa shape index (κ1) is 12.3. The van der Waals surface area contributed by atoms with E-state index in [2.05, 4.69) is 0 Å². The highest BCUT2D eigenvalue weighted by Crippen LogP contribution is 2.23. The fourth-order valence-electron chi connectivity index (χ4n) is 1.68. The van der Waals surface area contributed by atoms with Crippen molar-refractivity contribution >= 4 is 0 Å². The summed E-state index contributed by atoms with van der Waals surface area (Å²) in [5.41, 5.74) is 0.824. The zero-order chi connectivity index (χ0) is 12.8. The monoisotopic (exact) mass is 244 g/mol. The van der Waals surface area contributed by atoms with E-state index in [1.165, 1.54) is 0 Å². The molecule has 3 heteroatoms. The number of hydrogen-bond acceptors (Lipinski definition) is 3. The second-order valence-corrected chi connectivity index (χ2v) is 3.91. The standard InChI is InChI=1S/C15H16O3/c1-17-14-7-8-15(16)12(11-14)9-10-18-13-5-3-2-4-6-13/h2-8,11,16H,9-10H2,1H3. The second-order valence-electron chi connectivity index (χ2n) is 3.91. The van der Waals surface area contributed by atoms with Crippen molar-refractivity contribution in [2.75, 3.05) is 13.7 Å². The van der Waals surface area contributed by atoms with Crippen molar-refractivity contribution in [3.05, 3.63) is 54.1 Å². The lowest BCUT2D eigenvalue weighted by molar-refractivity contribution is 0.319. The molecule has 0 spiro atoms. The number of para-hydroxylation sites is 1. The number of ether oxygens (including phenoxy) is 2. The number of phenolic OH excluding ortho intramolecular Hbond substituents is 1. The Kier molecular flexibility index (Phi) is 4.07. The summed E-state index contributed by atoms with van der Waals surface area (Å²) >= 11 is 0. The summed E-state index contributed by atoms with van der Waals surface area (Å²) in [7, 11) is 1.61. The normalized spacial score (nSPS) is 10.1. The van der Waals surface area contributed by atoms with Gasteiger partial charge in [0.15, 0.2) is 0 Å². The van der Waals surface area contributed by atoms with Gasteiger partial charge in [0.05, 0.1) is 13.7 Å². The van der Waals surface area contributed by atoms with Crippen molar-refractivity contribution in [1.82, 2.24) is 0 Å². The first-order valence-corrected chi connectivity index (χ1v) is 5.83. The molecule has 0 heterocycles. The molecule has 0 radical (unpaired) electrons. The lowest BCUT2D eigenvalue weighted by atomic mass is 10.1. The lowest BCUT2D eigenvalue weighted by Crippen LogP contribution is -2.01. The third-order valence-corrected chi connectivity index (χ3v) is 2.67. The number of aromatic hydroxyl groups is 1. The number of rotatable bonds is 5. The smallest absolute Gasteiger partial charge is 0.119 e. The lowest BCUT2D eigenvalue weighted by Gasteiger charge is -2.08. The van der Waals surface area contributed by atoms with E-state index in [4.69, 9.17) is 9.47 Å². The molecule has 0 unspecified atom stereocenters. The van der Waals surface area contributed by atoms with E-state index < -0.39 is 0 Å². The predicted octanol–water partition coefficient (Wildman–Crippen LogP) is 3.02. The summed E-state index contributed by atoms with van der Waals surface area (Å²) < 4.78 is 10.7. The van der Waals surface area contributed by atoms with Crippen molar-refractivity contribution in [2.45, 2.75) is 6.42 Å². The minimum Gasteiger partial charge on any atom is -0.508 e. The van der Waals surface area contributed by atoms with Gasteiger partial charge in [0, 0.05) is 12.0 Å². The van der Waals surface area contributed by atoms with Crippen LogP contribution in [0.2, 0.25) is 0 Å². The highest BCUT2D eigenvalue weighted by atomic mass is 16.5. The van der Waals surface area contributed by atoms with Crippen LogP contribution in [0.1, 0.15) is 5.56 Å². The van der Waals surface area contributed by atoms with Crippen LogP contribution in [-0.2, 0) is 6.42 Å². The summed E-state index contributed by atoms with van der Waals surface area (Å²) in [5.74, 6) is 1.84. The Morgan fingerprint density at radius 1 is 1.00 bits per heavy atom. The number of phenols is 1. The molecule has 3 nitrogen and oxygen atoms in total. The molecule has 2 rings (SSSR count). The summed E-state index contributed by atoms with van der Waals surface area (Å²) in [5, 5.41) is 9.72. The fraction of sp³-hybridized carbons (Fsp3) is 0.200. The van der Waals surface area contributed by atoms with Crippen molar-refractivity contribution < 1.29 is 14.6 Å².